The maximum atomic E-state index is 5.43. The zero-order chi connectivity index (χ0) is 13.0. The van der Waals surface area contributed by atoms with E-state index in [-0.39, 0.29) is 0 Å². The molecular formula is C13H23N5. The minimum Gasteiger partial charge on any atom is -0.367 e. The molecule has 1 saturated carbocycles. The smallest absolute Gasteiger partial charge is 0.145 e. The zero-order valence-corrected chi connectivity index (χ0v) is 11.2. The summed E-state index contributed by atoms with van der Waals surface area (Å²) >= 11 is 0. The lowest BCUT2D eigenvalue weighted by Crippen LogP contribution is -2.21. The largest absolute Gasteiger partial charge is 0.367 e. The van der Waals surface area contributed by atoms with Gasteiger partial charge in [0.2, 0.25) is 0 Å². The van der Waals surface area contributed by atoms with Crippen LogP contribution >= 0.6 is 0 Å². The molecule has 1 aromatic rings. The summed E-state index contributed by atoms with van der Waals surface area (Å²) < 4.78 is 0. The number of hydrogen-bond donors (Lipinski definition) is 3. The molecule has 0 aliphatic heterocycles. The van der Waals surface area contributed by atoms with Crippen LogP contribution in [0, 0.1) is 5.92 Å². The summed E-state index contributed by atoms with van der Waals surface area (Å²) in [5.41, 5.74) is 2.60. The average Bonchev–Trinajstić information content (AvgIpc) is 3.21. The summed E-state index contributed by atoms with van der Waals surface area (Å²) in [6.07, 6.45) is 5.94. The molecule has 5 heteroatoms. The van der Waals surface area contributed by atoms with Crippen LogP contribution in [0.1, 0.15) is 45.4 Å². The van der Waals surface area contributed by atoms with Gasteiger partial charge in [0.25, 0.3) is 0 Å². The van der Waals surface area contributed by atoms with Gasteiger partial charge in [-0.3, -0.25) is 0 Å². The average molecular weight is 249 g/mol. The lowest BCUT2D eigenvalue weighted by Gasteiger charge is -2.18. The summed E-state index contributed by atoms with van der Waals surface area (Å²) in [4.78, 5) is 8.79. The molecule has 4 N–H and O–H groups in total. The Kier molecular flexibility index (Phi) is 4.36. The Hall–Kier alpha value is -1.36. The Morgan fingerprint density at radius 2 is 2.06 bits per heavy atom. The van der Waals surface area contributed by atoms with Gasteiger partial charge in [0, 0.05) is 18.5 Å². The fourth-order valence-corrected chi connectivity index (χ4v) is 2.10. The fourth-order valence-electron chi connectivity index (χ4n) is 2.10. The third-order valence-corrected chi connectivity index (χ3v) is 3.40. The molecule has 2 rings (SSSR count). The van der Waals surface area contributed by atoms with Crippen LogP contribution in [0.25, 0.3) is 0 Å². The number of nitrogens with one attached hydrogen (secondary N) is 2. The molecular weight excluding hydrogens is 226 g/mol. The highest BCUT2D eigenvalue weighted by Crippen LogP contribution is 2.34. The predicted molar refractivity (Wildman–Crippen MR) is 74.3 cm³/mol. The number of hydrazine groups is 1. The van der Waals surface area contributed by atoms with Crippen molar-refractivity contribution >= 4 is 11.6 Å². The van der Waals surface area contributed by atoms with Crippen molar-refractivity contribution in [2.45, 2.75) is 52.0 Å². The van der Waals surface area contributed by atoms with Gasteiger partial charge >= 0.3 is 0 Å². The van der Waals surface area contributed by atoms with Crippen molar-refractivity contribution in [2.75, 3.05) is 10.7 Å². The Morgan fingerprint density at radius 3 is 2.61 bits per heavy atom. The maximum Gasteiger partial charge on any atom is 0.145 e. The van der Waals surface area contributed by atoms with Gasteiger partial charge in [-0.25, -0.2) is 15.8 Å². The number of anilines is 2. The van der Waals surface area contributed by atoms with Crippen LogP contribution in [0.15, 0.2) is 6.07 Å². The summed E-state index contributed by atoms with van der Waals surface area (Å²) in [6.45, 7) is 4.25. The summed E-state index contributed by atoms with van der Waals surface area (Å²) in [7, 11) is 0. The van der Waals surface area contributed by atoms with Gasteiger partial charge in [-0.15, -0.1) is 0 Å². The van der Waals surface area contributed by atoms with Crippen LogP contribution in [-0.4, -0.2) is 16.0 Å². The Bertz CT molecular complexity index is 367. The fraction of sp³-hybridized carbons (Fsp3) is 0.692. The van der Waals surface area contributed by atoms with Crippen molar-refractivity contribution in [1.82, 2.24) is 9.97 Å². The first-order valence-corrected chi connectivity index (χ1v) is 6.86. The molecule has 1 atom stereocenters. The molecule has 1 aliphatic carbocycles. The highest BCUT2D eigenvalue weighted by Gasteiger charge is 2.24. The second kappa shape index (κ2) is 6.00. The SMILES string of the molecule is CCc1nc(NN)cc(NC(CC)CC2CC2)n1. The van der Waals surface area contributed by atoms with Crippen molar-refractivity contribution in [3.8, 4) is 0 Å². The second-order valence-corrected chi connectivity index (χ2v) is 4.98. The van der Waals surface area contributed by atoms with Crippen molar-refractivity contribution in [3.05, 3.63) is 11.9 Å². The summed E-state index contributed by atoms with van der Waals surface area (Å²) in [5.74, 6) is 8.71. The Morgan fingerprint density at radius 1 is 1.33 bits per heavy atom. The van der Waals surface area contributed by atoms with E-state index in [0.717, 1.165) is 30.4 Å². The minimum absolute atomic E-state index is 0.503. The van der Waals surface area contributed by atoms with Gasteiger partial charge in [-0.1, -0.05) is 26.7 Å². The molecule has 1 unspecified atom stereocenters. The van der Waals surface area contributed by atoms with E-state index in [9.17, 15) is 0 Å². The third-order valence-electron chi connectivity index (χ3n) is 3.40. The van der Waals surface area contributed by atoms with Crippen LogP contribution in [0.4, 0.5) is 11.6 Å². The first-order valence-electron chi connectivity index (χ1n) is 6.86. The number of nitrogens with zero attached hydrogens (tertiary/aromatic N) is 2. The van der Waals surface area contributed by atoms with E-state index < -0.39 is 0 Å². The standard InChI is InChI=1S/C13H23N5/c1-3-10(7-9-5-6-9)15-12-8-13(18-14)17-11(4-2)16-12/h8-10H,3-7,14H2,1-2H3,(H2,15,16,17,18). The molecule has 5 nitrogen and oxygen atoms in total. The highest BCUT2D eigenvalue weighted by atomic mass is 15.3. The van der Waals surface area contributed by atoms with Crippen molar-refractivity contribution in [3.63, 3.8) is 0 Å². The quantitative estimate of drug-likeness (QED) is 0.510. The van der Waals surface area contributed by atoms with Gasteiger partial charge in [0.05, 0.1) is 0 Å². The van der Waals surface area contributed by atoms with E-state index in [1.807, 2.05) is 13.0 Å². The minimum atomic E-state index is 0.503. The Balaban J connectivity index is 2.05. The van der Waals surface area contributed by atoms with E-state index in [0.29, 0.717) is 11.9 Å². The third kappa shape index (κ3) is 3.57. The first kappa shape index (κ1) is 13.1. The Labute approximate surface area is 109 Å². The van der Waals surface area contributed by atoms with Crippen LogP contribution in [0.5, 0.6) is 0 Å². The molecule has 0 saturated heterocycles. The van der Waals surface area contributed by atoms with E-state index in [2.05, 4.69) is 27.6 Å². The second-order valence-electron chi connectivity index (χ2n) is 4.98. The predicted octanol–water partition coefficient (Wildman–Crippen LogP) is 2.32. The van der Waals surface area contributed by atoms with E-state index in [1.165, 1.54) is 19.3 Å². The van der Waals surface area contributed by atoms with E-state index in [4.69, 9.17) is 5.84 Å². The monoisotopic (exact) mass is 249 g/mol. The molecule has 1 aromatic heterocycles. The topological polar surface area (TPSA) is 75.9 Å². The summed E-state index contributed by atoms with van der Waals surface area (Å²) in [5, 5.41) is 3.50. The molecule has 1 heterocycles. The lowest BCUT2D eigenvalue weighted by atomic mass is 10.1. The molecule has 0 spiro atoms. The molecule has 1 aliphatic rings. The van der Waals surface area contributed by atoms with Crippen LogP contribution < -0.4 is 16.6 Å². The highest BCUT2D eigenvalue weighted by molar-refractivity contribution is 5.47. The van der Waals surface area contributed by atoms with Crippen molar-refractivity contribution in [1.29, 1.82) is 0 Å². The van der Waals surface area contributed by atoms with Gasteiger partial charge in [-0.2, -0.15) is 0 Å². The normalized spacial score (nSPS) is 16.4. The molecule has 100 valence electrons. The number of aromatic nitrogens is 2. The molecule has 1 fully saturated rings. The number of aryl methyl sites for hydroxylation is 1. The van der Waals surface area contributed by atoms with E-state index in [1.54, 1.807) is 0 Å². The number of nitrogen functional groups attached to an aromatic ring is 1. The summed E-state index contributed by atoms with van der Waals surface area (Å²) in [6, 6.07) is 2.37. The van der Waals surface area contributed by atoms with Crippen molar-refractivity contribution < 1.29 is 0 Å². The van der Waals surface area contributed by atoms with Crippen LogP contribution in [-0.2, 0) is 6.42 Å². The zero-order valence-electron chi connectivity index (χ0n) is 11.2. The number of hydrogen-bond acceptors (Lipinski definition) is 5. The molecule has 0 amide bonds. The van der Waals surface area contributed by atoms with Crippen molar-refractivity contribution in [2.24, 2.45) is 11.8 Å². The van der Waals surface area contributed by atoms with Gasteiger partial charge in [-0.05, 0) is 18.8 Å². The first-order chi connectivity index (χ1) is 8.75. The maximum absolute atomic E-state index is 5.43. The van der Waals surface area contributed by atoms with Crippen LogP contribution in [0.2, 0.25) is 0 Å². The number of nitrogens with two attached hydrogens (primary N) is 1. The molecule has 0 aromatic carbocycles. The van der Waals surface area contributed by atoms with Gasteiger partial charge < -0.3 is 10.7 Å². The van der Waals surface area contributed by atoms with Gasteiger partial charge in [0.1, 0.15) is 17.5 Å². The lowest BCUT2D eigenvalue weighted by molar-refractivity contribution is 0.584. The molecule has 0 radical (unpaired) electrons. The van der Waals surface area contributed by atoms with Gasteiger partial charge in [0.15, 0.2) is 0 Å². The van der Waals surface area contributed by atoms with Crippen LogP contribution in [0.3, 0.4) is 0 Å². The van der Waals surface area contributed by atoms with E-state index >= 15 is 0 Å². The molecule has 18 heavy (non-hydrogen) atoms. The molecule has 0 bridgehead atoms. The number of rotatable bonds is 7.